The van der Waals surface area contributed by atoms with Gasteiger partial charge in [-0.05, 0) is 60.2 Å². The van der Waals surface area contributed by atoms with Crippen LogP contribution in [0.5, 0.6) is 5.75 Å². The van der Waals surface area contributed by atoms with Crippen molar-refractivity contribution in [2.24, 2.45) is 0 Å². The molecular formula is C27H25F3O2. The van der Waals surface area contributed by atoms with Crippen LogP contribution in [-0.2, 0) is 4.74 Å². The number of hydrogen-bond donors (Lipinski definition) is 0. The first-order valence-electron chi connectivity index (χ1n) is 10.8. The summed E-state index contributed by atoms with van der Waals surface area (Å²) in [5.74, 6) is -2.30. The van der Waals surface area contributed by atoms with E-state index >= 15 is 0 Å². The van der Waals surface area contributed by atoms with Gasteiger partial charge in [0, 0.05) is 11.5 Å². The van der Waals surface area contributed by atoms with Crippen LogP contribution in [0.15, 0.2) is 67.3 Å². The second-order valence-corrected chi connectivity index (χ2v) is 7.87. The van der Waals surface area contributed by atoms with Gasteiger partial charge in [0.05, 0.1) is 19.3 Å². The van der Waals surface area contributed by atoms with E-state index in [4.69, 9.17) is 9.47 Å². The molecule has 166 valence electrons. The van der Waals surface area contributed by atoms with Gasteiger partial charge in [-0.15, -0.1) is 6.58 Å². The van der Waals surface area contributed by atoms with Crippen molar-refractivity contribution in [1.29, 1.82) is 0 Å². The van der Waals surface area contributed by atoms with Crippen molar-refractivity contribution >= 4 is 0 Å². The molecule has 1 aliphatic rings. The molecule has 1 saturated heterocycles. The molecule has 3 aromatic carbocycles. The van der Waals surface area contributed by atoms with E-state index in [2.05, 4.69) is 6.58 Å². The molecular weight excluding hydrogens is 413 g/mol. The van der Waals surface area contributed by atoms with Crippen molar-refractivity contribution in [1.82, 2.24) is 0 Å². The summed E-state index contributed by atoms with van der Waals surface area (Å²) in [6, 6.07) is 15.1. The predicted molar refractivity (Wildman–Crippen MR) is 120 cm³/mol. The summed E-state index contributed by atoms with van der Waals surface area (Å²) >= 11 is 0. The van der Waals surface area contributed by atoms with Crippen molar-refractivity contribution < 1.29 is 22.6 Å². The van der Waals surface area contributed by atoms with E-state index in [1.807, 2.05) is 12.1 Å². The lowest BCUT2D eigenvalue weighted by atomic mass is 9.89. The third-order valence-electron chi connectivity index (χ3n) is 5.89. The molecule has 2 atom stereocenters. The van der Waals surface area contributed by atoms with Crippen LogP contribution in [-0.4, -0.2) is 19.3 Å². The molecule has 0 N–H and O–H groups in total. The summed E-state index contributed by atoms with van der Waals surface area (Å²) in [7, 11) is 0. The van der Waals surface area contributed by atoms with Crippen molar-refractivity contribution in [3.8, 4) is 28.0 Å². The van der Waals surface area contributed by atoms with Crippen LogP contribution in [0, 0.1) is 17.5 Å². The van der Waals surface area contributed by atoms with E-state index in [1.165, 1.54) is 18.2 Å². The number of halogens is 3. The Morgan fingerprint density at radius 2 is 1.66 bits per heavy atom. The fraction of sp³-hybridized carbons (Fsp3) is 0.259. The van der Waals surface area contributed by atoms with Gasteiger partial charge in [-0.1, -0.05) is 42.5 Å². The zero-order chi connectivity index (χ0) is 22.7. The van der Waals surface area contributed by atoms with Gasteiger partial charge < -0.3 is 9.47 Å². The smallest absolute Gasteiger partial charge is 0.201 e. The zero-order valence-electron chi connectivity index (χ0n) is 17.9. The van der Waals surface area contributed by atoms with Crippen molar-refractivity contribution in [3.05, 3.63) is 90.3 Å². The maximum Gasteiger partial charge on any atom is 0.201 e. The first-order chi connectivity index (χ1) is 15.5. The third-order valence-corrected chi connectivity index (χ3v) is 5.89. The molecule has 0 saturated carbocycles. The Morgan fingerprint density at radius 3 is 2.28 bits per heavy atom. The molecule has 32 heavy (non-hydrogen) atoms. The lowest BCUT2D eigenvalue weighted by molar-refractivity contribution is 0.0321. The molecule has 0 bridgehead atoms. The predicted octanol–water partition coefficient (Wildman–Crippen LogP) is 7.29. The van der Waals surface area contributed by atoms with Gasteiger partial charge in [-0.2, -0.15) is 4.39 Å². The van der Waals surface area contributed by atoms with Gasteiger partial charge in [0.1, 0.15) is 5.82 Å². The molecule has 2 unspecified atom stereocenters. The Hall–Kier alpha value is -3.05. The minimum atomic E-state index is -1.00. The summed E-state index contributed by atoms with van der Waals surface area (Å²) in [5, 5.41) is 0. The normalized spacial score (nSPS) is 18.4. The third kappa shape index (κ3) is 4.44. The van der Waals surface area contributed by atoms with Gasteiger partial charge >= 0.3 is 0 Å². The fourth-order valence-electron chi connectivity index (χ4n) is 4.10. The summed E-state index contributed by atoms with van der Waals surface area (Å²) < 4.78 is 54.4. The topological polar surface area (TPSA) is 18.5 Å². The number of ether oxygens (including phenoxy) is 2. The quantitative estimate of drug-likeness (QED) is 0.376. The standard InChI is InChI=1S/C27H25F3O2/c1-3-21-11-9-20(16-32-21)22-12-10-19(15-24(22)28)17-5-7-18(8-6-17)23-13-14-25(31-4-2)27(30)26(23)29/h3,5-8,10,12-15,20-21H,1,4,9,11,16H2,2H3. The lowest BCUT2D eigenvalue weighted by Crippen LogP contribution is -2.23. The highest BCUT2D eigenvalue weighted by atomic mass is 19.2. The molecule has 0 spiro atoms. The Morgan fingerprint density at radius 1 is 0.938 bits per heavy atom. The SMILES string of the molecule is C=CC1CCC(c2ccc(-c3ccc(-c4ccc(OCC)c(F)c4F)cc3)cc2F)CO1. The van der Waals surface area contributed by atoms with Crippen molar-refractivity contribution in [2.45, 2.75) is 31.8 Å². The van der Waals surface area contributed by atoms with Crippen LogP contribution in [0.25, 0.3) is 22.3 Å². The highest BCUT2D eigenvalue weighted by Gasteiger charge is 2.23. The van der Waals surface area contributed by atoms with Crippen LogP contribution in [0.4, 0.5) is 13.2 Å². The average Bonchev–Trinajstić information content (AvgIpc) is 2.82. The molecule has 2 nitrogen and oxygen atoms in total. The highest BCUT2D eigenvalue weighted by Crippen LogP contribution is 2.34. The Bertz CT molecular complexity index is 1100. The number of rotatable bonds is 6. The van der Waals surface area contributed by atoms with E-state index < -0.39 is 11.6 Å². The van der Waals surface area contributed by atoms with Gasteiger partial charge in [0.2, 0.25) is 5.82 Å². The van der Waals surface area contributed by atoms with Crippen molar-refractivity contribution in [3.63, 3.8) is 0 Å². The Labute approximate surface area is 186 Å². The van der Waals surface area contributed by atoms with Crippen LogP contribution in [0.1, 0.15) is 31.2 Å². The molecule has 1 fully saturated rings. The number of benzene rings is 3. The Kier molecular flexibility index (Phi) is 6.66. The van der Waals surface area contributed by atoms with Crippen molar-refractivity contribution in [2.75, 3.05) is 13.2 Å². The minimum absolute atomic E-state index is 0.0279. The average molecular weight is 438 g/mol. The van der Waals surface area contributed by atoms with Gasteiger partial charge in [-0.3, -0.25) is 0 Å². The summed E-state index contributed by atoms with van der Waals surface area (Å²) in [4.78, 5) is 0. The van der Waals surface area contributed by atoms with Crippen LogP contribution in [0.3, 0.4) is 0 Å². The second kappa shape index (κ2) is 9.61. The zero-order valence-corrected chi connectivity index (χ0v) is 17.9. The van der Waals surface area contributed by atoms with E-state index in [9.17, 15) is 13.2 Å². The molecule has 1 heterocycles. The maximum absolute atomic E-state index is 14.9. The van der Waals surface area contributed by atoms with Gasteiger partial charge in [-0.25, -0.2) is 8.78 Å². The molecule has 0 amide bonds. The second-order valence-electron chi connectivity index (χ2n) is 7.87. The van der Waals surface area contributed by atoms with Gasteiger partial charge in [0.25, 0.3) is 0 Å². The first-order valence-corrected chi connectivity index (χ1v) is 10.8. The lowest BCUT2D eigenvalue weighted by Gasteiger charge is -2.27. The fourth-order valence-corrected chi connectivity index (χ4v) is 4.10. The maximum atomic E-state index is 14.9. The van der Waals surface area contributed by atoms with E-state index in [-0.39, 0.29) is 35.8 Å². The molecule has 5 heteroatoms. The number of hydrogen-bond acceptors (Lipinski definition) is 2. The van der Waals surface area contributed by atoms with Crippen LogP contribution < -0.4 is 4.74 Å². The summed E-state index contributed by atoms with van der Waals surface area (Å²) in [6.07, 6.45) is 3.51. The monoisotopic (exact) mass is 438 g/mol. The van der Waals surface area contributed by atoms with Gasteiger partial charge in [0.15, 0.2) is 11.6 Å². The molecule has 4 rings (SSSR count). The van der Waals surface area contributed by atoms with E-state index in [0.717, 1.165) is 24.0 Å². The van der Waals surface area contributed by atoms with Crippen LogP contribution >= 0.6 is 0 Å². The molecule has 1 aliphatic heterocycles. The van der Waals surface area contributed by atoms with E-state index in [0.29, 0.717) is 17.7 Å². The summed E-state index contributed by atoms with van der Waals surface area (Å²) in [5.41, 5.74) is 2.84. The molecule has 0 radical (unpaired) electrons. The largest absolute Gasteiger partial charge is 0.491 e. The first kappa shape index (κ1) is 22.2. The summed E-state index contributed by atoms with van der Waals surface area (Å²) in [6.45, 7) is 6.19. The Balaban J connectivity index is 1.54. The highest BCUT2D eigenvalue weighted by molar-refractivity contribution is 5.71. The van der Waals surface area contributed by atoms with E-state index in [1.54, 1.807) is 37.3 Å². The molecule has 0 aliphatic carbocycles. The molecule has 0 aromatic heterocycles. The van der Waals surface area contributed by atoms with Crippen LogP contribution in [0.2, 0.25) is 0 Å². The molecule has 3 aromatic rings. The minimum Gasteiger partial charge on any atom is -0.491 e.